The van der Waals surface area contributed by atoms with Crippen LogP contribution in [0.15, 0.2) is 24.3 Å². The van der Waals surface area contributed by atoms with Crippen LogP contribution in [0.2, 0.25) is 0 Å². The third-order valence-corrected chi connectivity index (χ3v) is 2.48. The van der Waals surface area contributed by atoms with Crippen LogP contribution in [0.4, 0.5) is 4.79 Å². The molecule has 3 nitrogen and oxygen atoms in total. The Balaban J connectivity index is 2.68. The molecule has 82 valence electrons. The molecule has 1 aromatic rings. The van der Waals surface area contributed by atoms with Crippen LogP contribution < -0.4 is 10.1 Å². The number of ether oxygens (including phenoxy) is 1. The lowest BCUT2D eigenvalue weighted by atomic mass is 9.99. The Hall–Kier alpha value is -1.51. The fourth-order valence-corrected chi connectivity index (χ4v) is 1.26. The van der Waals surface area contributed by atoms with Gasteiger partial charge in [-0.25, -0.2) is 4.79 Å². The van der Waals surface area contributed by atoms with Crippen molar-refractivity contribution in [2.24, 2.45) is 0 Å². The van der Waals surface area contributed by atoms with E-state index in [0.29, 0.717) is 11.7 Å². The fourth-order valence-electron chi connectivity index (χ4n) is 1.26. The van der Waals surface area contributed by atoms with Crippen LogP contribution in [-0.2, 0) is 0 Å². The minimum atomic E-state index is -0.439. The highest BCUT2D eigenvalue weighted by atomic mass is 16.5. The predicted octanol–water partition coefficient (Wildman–Crippen LogP) is 2.92. The second-order valence-corrected chi connectivity index (χ2v) is 3.52. The van der Waals surface area contributed by atoms with Crippen molar-refractivity contribution < 1.29 is 9.53 Å². The highest BCUT2D eigenvalue weighted by Crippen LogP contribution is 2.21. The van der Waals surface area contributed by atoms with E-state index in [1.807, 2.05) is 24.3 Å². The lowest BCUT2D eigenvalue weighted by Gasteiger charge is -2.09. The molecule has 3 heteroatoms. The van der Waals surface area contributed by atoms with Gasteiger partial charge < -0.3 is 10.1 Å². The Morgan fingerprint density at radius 1 is 1.40 bits per heavy atom. The maximum atomic E-state index is 10.9. The van der Waals surface area contributed by atoms with Gasteiger partial charge in [-0.15, -0.1) is 0 Å². The van der Waals surface area contributed by atoms with Crippen LogP contribution >= 0.6 is 0 Å². The van der Waals surface area contributed by atoms with Gasteiger partial charge in [0, 0.05) is 7.05 Å². The molecule has 0 saturated heterocycles. The molecule has 0 heterocycles. The molecule has 1 atom stereocenters. The number of carbonyl (C=O) groups excluding carboxylic acids is 1. The van der Waals surface area contributed by atoms with Crippen LogP contribution in [0.1, 0.15) is 31.7 Å². The summed E-state index contributed by atoms with van der Waals surface area (Å²) >= 11 is 0. The number of rotatable bonds is 3. The molecule has 0 aliphatic carbocycles. The minimum Gasteiger partial charge on any atom is -0.410 e. The van der Waals surface area contributed by atoms with E-state index in [-0.39, 0.29) is 0 Å². The predicted molar refractivity (Wildman–Crippen MR) is 60.2 cm³/mol. The summed E-state index contributed by atoms with van der Waals surface area (Å²) < 4.78 is 4.98. The van der Waals surface area contributed by atoms with Crippen molar-refractivity contribution in [1.82, 2.24) is 5.32 Å². The fraction of sp³-hybridized carbons (Fsp3) is 0.417. The lowest BCUT2D eigenvalue weighted by molar-refractivity contribution is 0.203. The largest absolute Gasteiger partial charge is 0.412 e. The van der Waals surface area contributed by atoms with Crippen LogP contribution in [-0.4, -0.2) is 13.1 Å². The Morgan fingerprint density at radius 2 is 2.00 bits per heavy atom. The van der Waals surface area contributed by atoms with Crippen molar-refractivity contribution in [2.75, 3.05) is 7.05 Å². The van der Waals surface area contributed by atoms with Gasteiger partial charge in [0.15, 0.2) is 0 Å². The van der Waals surface area contributed by atoms with E-state index < -0.39 is 6.09 Å². The molecule has 0 bridgehead atoms. The van der Waals surface area contributed by atoms with Crippen molar-refractivity contribution in [1.29, 1.82) is 0 Å². The van der Waals surface area contributed by atoms with E-state index in [4.69, 9.17) is 4.74 Å². The molecule has 0 aliphatic rings. The smallest absolute Gasteiger partial charge is 0.410 e. The third kappa shape index (κ3) is 3.27. The van der Waals surface area contributed by atoms with Gasteiger partial charge in [-0.1, -0.05) is 26.0 Å². The van der Waals surface area contributed by atoms with E-state index in [2.05, 4.69) is 19.2 Å². The summed E-state index contributed by atoms with van der Waals surface area (Å²) in [5.74, 6) is 1.11. The number of nitrogens with one attached hydrogen (secondary N) is 1. The highest BCUT2D eigenvalue weighted by molar-refractivity contribution is 5.69. The van der Waals surface area contributed by atoms with E-state index in [0.717, 1.165) is 6.42 Å². The number of benzene rings is 1. The van der Waals surface area contributed by atoms with Gasteiger partial charge in [0.05, 0.1) is 0 Å². The SMILES string of the molecule is CCC(C)c1ccc(OC(=O)NC)cc1. The van der Waals surface area contributed by atoms with E-state index >= 15 is 0 Å². The van der Waals surface area contributed by atoms with Crippen LogP contribution in [0, 0.1) is 0 Å². The maximum absolute atomic E-state index is 10.9. The van der Waals surface area contributed by atoms with E-state index in [9.17, 15) is 4.79 Å². The van der Waals surface area contributed by atoms with E-state index in [1.54, 1.807) is 0 Å². The summed E-state index contributed by atoms with van der Waals surface area (Å²) in [6.45, 7) is 4.33. The normalized spacial score (nSPS) is 11.9. The molecule has 1 rings (SSSR count). The Morgan fingerprint density at radius 3 is 2.47 bits per heavy atom. The standard InChI is InChI=1S/C12H17NO2/c1-4-9(2)10-5-7-11(8-6-10)15-12(14)13-3/h5-9H,4H2,1-3H3,(H,13,14). The summed E-state index contributed by atoms with van der Waals surface area (Å²) in [7, 11) is 1.54. The number of carbonyl (C=O) groups is 1. The molecule has 0 fully saturated rings. The summed E-state index contributed by atoms with van der Waals surface area (Å²) in [5.41, 5.74) is 1.27. The quantitative estimate of drug-likeness (QED) is 0.827. The van der Waals surface area contributed by atoms with Crippen LogP contribution in [0.25, 0.3) is 0 Å². The second-order valence-electron chi connectivity index (χ2n) is 3.52. The van der Waals surface area contributed by atoms with Gasteiger partial charge in [-0.3, -0.25) is 0 Å². The molecule has 0 aliphatic heterocycles. The molecule has 0 radical (unpaired) electrons. The van der Waals surface area contributed by atoms with E-state index in [1.165, 1.54) is 12.6 Å². The molecular formula is C12H17NO2. The first-order valence-electron chi connectivity index (χ1n) is 5.17. The first-order chi connectivity index (χ1) is 7.17. The molecule has 1 aromatic carbocycles. The van der Waals surface area contributed by atoms with Crippen LogP contribution in [0.5, 0.6) is 5.75 Å². The summed E-state index contributed by atoms with van der Waals surface area (Å²) in [5, 5.41) is 2.40. The molecule has 1 amide bonds. The summed E-state index contributed by atoms with van der Waals surface area (Å²) in [6, 6.07) is 7.62. The third-order valence-electron chi connectivity index (χ3n) is 2.48. The van der Waals surface area contributed by atoms with Crippen molar-refractivity contribution in [3.63, 3.8) is 0 Å². The number of amides is 1. The molecule has 1 unspecified atom stereocenters. The summed E-state index contributed by atoms with van der Waals surface area (Å²) in [6.07, 6.45) is 0.668. The first-order valence-corrected chi connectivity index (χ1v) is 5.17. The van der Waals surface area contributed by atoms with Crippen LogP contribution in [0.3, 0.4) is 0 Å². The van der Waals surface area contributed by atoms with Gasteiger partial charge in [-0.2, -0.15) is 0 Å². The first kappa shape index (κ1) is 11.6. The molecule has 15 heavy (non-hydrogen) atoms. The zero-order chi connectivity index (χ0) is 11.3. The van der Waals surface area contributed by atoms with Crippen molar-refractivity contribution >= 4 is 6.09 Å². The maximum Gasteiger partial charge on any atom is 0.412 e. The molecular weight excluding hydrogens is 190 g/mol. The van der Waals surface area contributed by atoms with Gasteiger partial charge in [-0.05, 0) is 30.0 Å². The number of hydrogen-bond donors (Lipinski definition) is 1. The second kappa shape index (κ2) is 5.39. The average molecular weight is 207 g/mol. The van der Waals surface area contributed by atoms with Crippen molar-refractivity contribution in [2.45, 2.75) is 26.2 Å². The van der Waals surface area contributed by atoms with Crippen molar-refractivity contribution in [3.8, 4) is 5.75 Å². The zero-order valence-corrected chi connectivity index (χ0v) is 9.41. The van der Waals surface area contributed by atoms with Gasteiger partial charge >= 0.3 is 6.09 Å². The minimum absolute atomic E-state index is 0.439. The van der Waals surface area contributed by atoms with Gasteiger partial charge in [0.2, 0.25) is 0 Å². The van der Waals surface area contributed by atoms with Gasteiger partial charge in [0.1, 0.15) is 5.75 Å². The molecule has 0 saturated carbocycles. The van der Waals surface area contributed by atoms with Gasteiger partial charge in [0.25, 0.3) is 0 Å². The number of hydrogen-bond acceptors (Lipinski definition) is 2. The summed E-state index contributed by atoms with van der Waals surface area (Å²) in [4.78, 5) is 10.9. The highest BCUT2D eigenvalue weighted by Gasteiger charge is 2.04. The Bertz CT molecular complexity index is 319. The average Bonchev–Trinajstić information content (AvgIpc) is 2.29. The van der Waals surface area contributed by atoms with Crippen molar-refractivity contribution in [3.05, 3.63) is 29.8 Å². The molecule has 1 N–H and O–H groups in total. The monoisotopic (exact) mass is 207 g/mol. The lowest BCUT2D eigenvalue weighted by Crippen LogP contribution is -2.21. The Kier molecular flexibility index (Phi) is 4.16. The molecule has 0 spiro atoms. The zero-order valence-electron chi connectivity index (χ0n) is 9.41. The molecule has 0 aromatic heterocycles. The topological polar surface area (TPSA) is 38.3 Å². The Labute approximate surface area is 90.4 Å².